The van der Waals surface area contributed by atoms with Crippen molar-refractivity contribution in [3.63, 3.8) is 0 Å². The lowest BCUT2D eigenvalue weighted by Crippen LogP contribution is -2.38. The number of carbonyl (C=O) groups is 1. The molecule has 0 atom stereocenters. The van der Waals surface area contributed by atoms with E-state index in [1.807, 2.05) is 13.8 Å². The topological polar surface area (TPSA) is 61.7 Å². The normalized spacial score (nSPS) is 15.8. The quantitative estimate of drug-likeness (QED) is 0.765. The number of amides is 1. The second-order valence-electron chi connectivity index (χ2n) is 4.48. The molecule has 4 nitrogen and oxygen atoms in total. The fourth-order valence-corrected chi connectivity index (χ4v) is 2.85. The monoisotopic (exact) mass is 258 g/mol. The van der Waals surface area contributed by atoms with Gasteiger partial charge in [-0.05, 0) is 12.8 Å². The number of thioether (sulfide) groups is 1. The molecule has 0 aromatic rings. The van der Waals surface area contributed by atoms with Crippen molar-refractivity contribution in [2.75, 3.05) is 12.3 Å². The molecule has 0 unspecified atom stereocenters. The van der Waals surface area contributed by atoms with E-state index in [1.54, 1.807) is 11.8 Å². The van der Waals surface area contributed by atoms with E-state index < -0.39 is 5.60 Å². The summed E-state index contributed by atoms with van der Waals surface area (Å²) in [6.45, 7) is 4.82. The zero-order valence-electron chi connectivity index (χ0n) is 10.7. The maximum atomic E-state index is 11.8. The molecular formula is C12H22N2O2S. The molecule has 98 valence electrons. The number of hydrogen-bond donors (Lipinski definition) is 2. The van der Waals surface area contributed by atoms with Gasteiger partial charge in [-0.25, -0.2) is 0 Å². The highest BCUT2D eigenvalue weighted by molar-refractivity contribution is 8.14. The van der Waals surface area contributed by atoms with Gasteiger partial charge in [-0.2, -0.15) is 0 Å². The maximum Gasteiger partial charge on any atom is 0.228 e. The minimum absolute atomic E-state index is 0.123. The first-order chi connectivity index (χ1) is 8.09. The standard InChI is InChI=1S/C12H22N2O2S/c1-3-5-12(16,6-4-2)9-10(15)14-11-13-7-8-17-11/h16H,3-9H2,1-2H3,(H,13,14,15). The van der Waals surface area contributed by atoms with E-state index in [2.05, 4.69) is 10.3 Å². The summed E-state index contributed by atoms with van der Waals surface area (Å²) in [5.74, 6) is 0.812. The number of hydrogen-bond acceptors (Lipinski definition) is 4. The van der Waals surface area contributed by atoms with E-state index in [1.165, 1.54) is 0 Å². The van der Waals surface area contributed by atoms with Gasteiger partial charge in [-0.1, -0.05) is 38.5 Å². The van der Waals surface area contributed by atoms with Crippen molar-refractivity contribution in [2.24, 2.45) is 4.99 Å². The van der Waals surface area contributed by atoms with Gasteiger partial charge < -0.3 is 10.4 Å². The molecule has 1 aliphatic rings. The van der Waals surface area contributed by atoms with Gasteiger partial charge in [0.1, 0.15) is 0 Å². The molecule has 0 radical (unpaired) electrons. The molecule has 0 aromatic carbocycles. The minimum Gasteiger partial charge on any atom is -0.389 e. The summed E-state index contributed by atoms with van der Waals surface area (Å²) in [6, 6.07) is 0. The van der Waals surface area contributed by atoms with Crippen molar-refractivity contribution in [2.45, 2.75) is 51.6 Å². The van der Waals surface area contributed by atoms with Crippen LogP contribution in [-0.4, -0.2) is 34.1 Å². The first-order valence-corrected chi connectivity index (χ1v) is 7.27. The molecule has 1 amide bonds. The van der Waals surface area contributed by atoms with Crippen LogP contribution in [0.4, 0.5) is 0 Å². The van der Waals surface area contributed by atoms with Crippen molar-refractivity contribution >= 4 is 22.8 Å². The molecule has 0 spiro atoms. The number of nitrogens with zero attached hydrogens (tertiary/aromatic N) is 1. The molecular weight excluding hydrogens is 236 g/mol. The van der Waals surface area contributed by atoms with Crippen molar-refractivity contribution < 1.29 is 9.90 Å². The predicted octanol–water partition coefficient (Wildman–Crippen LogP) is 1.93. The number of rotatable bonds is 6. The maximum absolute atomic E-state index is 11.8. The summed E-state index contributed by atoms with van der Waals surface area (Å²) in [5.41, 5.74) is -0.850. The summed E-state index contributed by atoms with van der Waals surface area (Å²) >= 11 is 1.56. The molecule has 0 bridgehead atoms. The van der Waals surface area contributed by atoms with Gasteiger partial charge in [0, 0.05) is 5.75 Å². The van der Waals surface area contributed by atoms with Gasteiger partial charge in [-0.3, -0.25) is 9.79 Å². The SMILES string of the molecule is CCCC(O)(CCC)CC(=O)NC1=NCCS1. The van der Waals surface area contributed by atoms with Crippen LogP contribution < -0.4 is 5.32 Å². The Hall–Kier alpha value is -0.550. The molecule has 1 aliphatic heterocycles. The molecule has 0 saturated carbocycles. The average molecular weight is 258 g/mol. The Morgan fingerprint density at radius 3 is 2.59 bits per heavy atom. The highest BCUT2D eigenvalue weighted by atomic mass is 32.2. The van der Waals surface area contributed by atoms with Crippen LogP contribution in [0, 0.1) is 0 Å². The van der Waals surface area contributed by atoms with E-state index in [4.69, 9.17) is 0 Å². The largest absolute Gasteiger partial charge is 0.389 e. The summed E-state index contributed by atoms with van der Waals surface area (Å²) in [6.07, 6.45) is 3.30. The highest BCUT2D eigenvalue weighted by Crippen LogP contribution is 2.23. The smallest absolute Gasteiger partial charge is 0.228 e. The van der Waals surface area contributed by atoms with Crippen LogP contribution in [0.1, 0.15) is 46.0 Å². The Morgan fingerprint density at radius 1 is 1.47 bits per heavy atom. The average Bonchev–Trinajstić information content (AvgIpc) is 2.70. The molecule has 5 heteroatoms. The Bertz CT molecular complexity index is 286. The van der Waals surface area contributed by atoms with Gasteiger partial charge in [0.15, 0.2) is 5.17 Å². The Kier molecular flexibility index (Phi) is 5.98. The summed E-state index contributed by atoms with van der Waals surface area (Å²) in [7, 11) is 0. The van der Waals surface area contributed by atoms with Crippen LogP contribution >= 0.6 is 11.8 Å². The van der Waals surface area contributed by atoms with E-state index in [-0.39, 0.29) is 12.3 Å². The number of nitrogens with one attached hydrogen (secondary N) is 1. The lowest BCUT2D eigenvalue weighted by molar-refractivity contribution is -0.125. The third-order valence-corrected chi connectivity index (χ3v) is 3.64. The van der Waals surface area contributed by atoms with Crippen LogP contribution in [0.5, 0.6) is 0 Å². The molecule has 0 saturated heterocycles. The summed E-state index contributed by atoms with van der Waals surface area (Å²) in [4.78, 5) is 16.0. The highest BCUT2D eigenvalue weighted by Gasteiger charge is 2.28. The lowest BCUT2D eigenvalue weighted by Gasteiger charge is -2.26. The second kappa shape index (κ2) is 7.01. The molecule has 17 heavy (non-hydrogen) atoms. The van der Waals surface area contributed by atoms with Crippen molar-refractivity contribution in [3.05, 3.63) is 0 Å². The molecule has 0 fully saturated rings. The number of aliphatic hydroxyl groups is 1. The van der Waals surface area contributed by atoms with Crippen molar-refractivity contribution in [1.82, 2.24) is 5.32 Å². The fraction of sp³-hybridized carbons (Fsp3) is 0.833. The van der Waals surface area contributed by atoms with Gasteiger partial charge in [0.05, 0.1) is 18.6 Å². The molecule has 0 aliphatic carbocycles. The first-order valence-electron chi connectivity index (χ1n) is 6.29. The molecule has 1 heterocycles. The third kappa shape index (κ3) is 5.08. The number of amidine groups is 1. The Balaban J connectivity index is 2.45. The van der Waals surface area contributed by atoms with E-state index in [0.29, 0.717) is 18.0 Å². The van der Waals surface area contributed by atoms with Crippen molar-refractivity contribution in [1.29, 1.82) is 0 Å². The number of carbonyl (C=O) groups excluding carboxylic acids is 1. The zero-order chi connectivity index (χ0) is 12.7. The predicted molar refractivity (Wildman–Crippen MR) is 72.3 cm³/mol. The molecule has 1 rings (SSSR count). The minimum atomic E-state index is -0.850. The van der Waals surface area contributed by atoms with Gasteiger partial charge in [-0.15, -0.1) is 0 Å². The Labute approximate surface area is 107 Å². The molecule has 2 N–H and O–H groups in total. The van der Waals surface area contributed by atoms with Gasteiger partial charge in [0.25, 0.3) is 0 Å². The number of aliphatic imine (C=N–C) groups is 1. The van der Waals surface area contributed by atoms with Crippen LogP contribution in [0.2, 0.25) is 0 Å². The second-order valence-corrected chi connectivity index (χ2v) is 5.57. The van der Waals surface area contributed by atoms with E-state index in [0.717, 1.165) is 25.1 Å². The molecule has 0 aromatic heterocycles. The van der Waals surface area contributed by atoms with Crippen LogP contribution in [-0.2, 0) is 4.79 Å². The van der Waals surface area contributed by atoms with E-state index in [9.17, 15) is 9.90 Å². The lowest BCUT2D eigenvalue weighted by atomic mass is 9.89. The van der Waals surface area contributed by atoms with Gasteiger partial charge in [0.2, 0.25) is 5.91 Å². The van der Waals surface area contributed by atoms with E-state index >= 15 is 0 Å². The zero-order valence-corrected chi connectivity index (χ0v) is 11.5. The van der Waals surface area contributed by atoms with Crippen LogP contribution in [0.3, 0.4) is 0 Å². The van der Waals surface area contributed by atoms with Crippen LogP contribution in [0.15, 0.2) is 4.99 Å². The van der Waals surface area contributed by atoms with Crippen molar-refractivity contribution in [3.8, 4) is 0 Å². The van der Waals surface area contributed by atoms with Gasteiger partial charge >= 0.3 is 0 Å². The fourth-order valence-electron chi connectivity index (χ4n) is 2.11. The summed E-state index contributed by atoms with van der Waals surface area (Å²) < 4.78 is 0. The van der Waals surface area contributed by atoms with Crippen LogP contribution in [0.25, 0.3) is 0 Å². The summed E-state index contributed by atoms with van der Waals surface area (Å²) in [5, 5.41) is 13.8. The first kappa shape index (κ1) is 14.5. The Morgan fingerprint density at radius 2 is 2.12 bits per heavy atom. The third-order valence-electron chi connectivity index (χ3n) is 2.75.